The van der Waals surface area contributed by atoms with Crippen molar-refractivity contribution in [3.05, 3.63) is 65.7 Å². The van der Waals surface area contributed by atoms with Crippen LogP contribution in [0.2, 0.25) is 5.02 Å². The van der Waals surface area contributed by atoms with Gasteiger partial charge in [-0.25, -0.2) is 0 Å². The summed E-state index contributed by atoms with van der Waals surface area (Å²) >= 11 is 5.90. The Labute approximate surface area is 162 Å². The summed E-state index contributed by atoms with van der Waals surface area (Å²) in [6, 6.07) is 11.1. The fourth-order valence-electron chi connectivity index (χ4n) is 3.24. The van der Waals surface area contributed by atoms with Crippen LogP contribution in [0, 0.1) is 0 Å². The molecule has 0 spiro atoms. The molecule has 1 N–H and O–H groups in total. The normalized spacial score (nSPS) is 14.9. The van der Waals surface area contributed by atoms with E-state index < -0.39 is 0 Å². The van der Waals surface area contributed by atoms with E-state index in [2.05, 4.69) is 15.2 Å². The highest BCUT2D eigenvalue weighted by atomic mass is 35.5. The summed E-state index contributed by atoms with van der Waals surface area (Å²) in [6.07, 6.45) is 6.75. The van der Waals surface area contributed by atoms with Crippen molar-refractivity contribution in [2.24, 2.45) is 0 Å². The van der Waals surface area contributed by atoms with Crippen molar-refractivity contribution in [3.63, 3.8) is 0 Å². The fraction of sp³-hybridized carbons (Fsp3) is 0.250. The molecule has 27 heavy (non-hydrogen) atoms. The minimum absolute atomic E-state index is 0.0377. The first-order chi connectivity index (χ1) is 13.2. The third kappa shape index (κ3) is 3.95. The second-order valence-electron chi connectivity index (χ2n) is 6.46. The lowest BCUT2D eigenvalue weighted by Crippen LogP contribution is -2.42. The van der Waals surface area contributed by atoms with Gasteiger partial charge in [0.15, 0.2) is 0 Å². The smallest absolute Gasteiger partial charge is 0.272 e. The van der Waals surface area contributed by atoms with Crippen molar-refractivity contribution in [1.29, 1.82) is 0 Å². The molecule has 1 fully saturated rings. The molecule has 1 aromatic carbocycles. The van der Waals surface area contributed by atoms with Gasteiger partial charge in [0.2, 0.25) is 0 Å². The maximum Gasteiger partial charge on any atom is 0.272 e. The number of hydrogen-bond acceptors (Lipinski definition) is 4. The molecule has 2 aromatic heterocycles. The highest BCUT2D eigenvalue weighted by Crippen LogP contribution is 2.25. The first kappa shape index (κ1) is 17.5. The number of pyridine rings is 1. The molecule has 138 valence electrons. The van der Waals surface area contributed by atoms with Crippen LogP contribution in [0.1, 0.15) is 23.3 Å². The maximum atomic E-state index is 12.9. The van der Waals surface area contributed by atoms with Crippen molar-refractivity contribution < 1.29 is 9.53 Å². The number of H-pyrrole nitrogens is 1. The molecule has 0 bridgehead atoms. The van der Waals surface area contributed by atoms with E-state index in [0.29, 0.717) is 23.8 Å². The largest absolute Gasteiger partial charge is 0.490 e. The van der Waals surface area contributed by atoms with Crippen molar-refractivity contribution in [2.75, 3.05) is 13.1 Å². The predicted molar refractivity (Wildman–Crippen MR) is 103 cm³/mol. The number of piperidine rings is 1. The number of aromatic nitrogens is 3. The van der Waals surface area contributed by atoms with Gasteiger partial charge in [-0.1, -0.05) is 11.6 Å². The number of hydrogen-bond donors (Lipinski definition) is 1. The number of ether oxygens (including phenoxy) is 1. The average molecular weight is 383 g/mol. The molecular weight excluding hydrogens is 364 g/mol. The number of benzene rings is 1. The third-order valence-corrected chi connectivity index (χ3v) is 4.94. The summed E-state index contributed by atoms with van der Waals surface area (Å²) in [4.78, 5) is 18.8. The zero-order chi connectivity index (χ0) is 18.6. The van der Waals surface area contributed by atoms with Gasteiger partial charge in [-0.3, -0.25) is 14.9 Å². The monoisotopic (exact) mass is 382 g/mol. The molecule has 0 aliphatic carbocycles. The Hall–Kier alpha value is -2.86. The molecule has 1 amide bonds. The van der Waals surface area contributed by atoms with Crippen molar-refractivity contribution in [1.82, 2.24) is 20.1 Å². The van der Waals surface area contributed by atoms with Gasteiger partial charge in [0.05, 0.1) is 6.20 Å². The molecule has 3 aromatic rings. The highest BCUT2D eigenvalue weighted by molar-refractivity contribution is 6.30. The quantitative estimate of drug-likeness (QED) is 0.744. The Morgan fingerprint density at radius 2 is 1.81 bits per heavy atom. The minimum Gasteiger partial charge on any atom is -0.490 e. The zero-order valence-electron chi connectivity index (χ0n) is 14.6. The Morgan fingerprint density at radius 1 is 1.11 bits per heavy atom. The third-order valence-electron chi connectivity index (χ3n) is 4.69. The molecule has 0 unspecified atom stereocenters. The molecule has 6 nitrogen and oxygen atoms in total. The van der Waals surface area contributed by atoms with Crippen LogP contribution in [0.5, 0.6) is 5.75 Å². The summed E-state index contributed by atoms with van der Waals surface area (Å²) in [7, 11) is 0. The summed E-state index contributed by atoms with van der Waals surface area (Å²) in [6.45, 7) is 1.29. The lowest BCUT2D eigenvalue weighted by molar-refractivity contribution is 0.0591. The van der Waals surface area contributed by atoms with Gasteiger partial charge in [-0.2, -0.15) is 5.10 Å². The van der Waals surface area contributed by atoms with E-state index in [9.17, 15) is 4.79 Å². The molecule has 7 heteroatoms. The summed E-state index contributed by atoms with van der Waals surface area (Å²) in [5.41, 5.74) is 2.23. The number of amides is 1. The first-order valence-electron chi connectivity index (χ1n) is 8.86. The van der Waals surface area contributed by atoms with Crippen LogP contribution in [0.3, 0.4) is 0 Å². The summed E-state index contributed by atoms with van der Waals surface area (Å²) in [5.74, 6) is 0.766. The minimum atomic E-state index is -0.0377. The van der Waals surface area contributed by atoms with Crippen LogP contribution in [0.4, 0.5) is 0 Å². The van der Waals surface area contributed by atoms with Gasteiger partial charge in [0, 0.05) is 48.9 Å². The average Bonchev–Trinajstić information content (AvgIpc) is 3.20. The van der Waals surface area contributed by atoms with E-state index in [0.717, 1.165) is 29.7 Å². The Kier molecular flexibility index (Phi) is 5.07. The molecule has 1 aliphatic rings. The van der Waals surface area contributed by atoms with Crippen LogP contribution < -0.4 is 4.74 Å². The lowest BCUT2D eigenvalue weighted by Gasteiger charge is -2.32. The molecule has 4 rings (SSSR count). The molecule has 0 atom stereocenters. The molecule has 1 aliphatic heterocycles. The van der Waals surface area contributed by atoms with Crippen LogP contribution in [-0.4, -0.2) is 45.2 Å². The number of nitrogens with one attached hydrogen (secondary N) is 1. The summed E-state index contributed by atoms with van der Waals surface area (Å²) < 4.78 is 6.00. The SMILES string of the molecule is O=C(c1[nH]ncc1-c1ccncc1)N1CCC(Oc2ccc(Cl)cc2)CC1. The number of halogens is 1. The van der Waals surface area contributed by atoms with E-state index >= 15 is 0 Å². The number of likely N-dealkylation sites (tertiary alicyclic amines) is 1. The van der Waals surface area contributed by atoms with Gasteiger partial charge in [0.25, 0.3) is 5.91 Å². The molecule has 0 radical (unpaired) electrons. The van der Waals surface area contributed by atoms with E-state index in [1.807, 2.05) is 41.3 Å². The van der Waals surface area contributed by atoms with Crippen molar-refractivity contribution >= 4 is 17.5 Å². The molecular formula is C20H19ClN4O2. The number of carbonyl (C=O) groups is 1. The molecule has 1 saturated heterocycles. The van der Waals surface area contributed by atoms with Gasteiger partial charge < -0.3 is 9.64 Å². The first-order valence-corrected chi connectivity index (χ1v) is 9.24. The van der Waals surface area contributed by atoms with Crippen LogP contribution in [0.15, 0.2) is 55.0 Å². The highest BCUT2D eigenvalue weighted by Gasteiger charge is 2.27. The number of nitrogens with zero attached hydrogens (tertiary/aromatic N) is 3. The number of carbonyl (C=O) groups excluding carboxylic acids is 1. The van der Waals surface area contributed by atoms with Crippen LogP contribution in [0.25, 0.3) is 11.1 Å². The Morgan fingerprint density at radius 3 is 2.52 bits per heavy atom. The number of aromatic amines is 1. The standard InChI is InChI=1S/C20H19ClN4O2/c21-15-1-3-16(4-2-15)27-17-7-11-25(12-8-17)20(26)19-18(13-23-24-19)14-5-9-22-10-6-14/h1-6,9-10,13,17H,7-8,11-12H2,(H,23,24). The Bertz CT molecular complexity index is 903. The van der Waals surface area contributed by atoms with E-state index in [4.69, 9.17) is 16.3 Å². The predicted octanol–water partition coefficient (Wildman–Crippen LogP) is 3.81. The maximum absolute atomic E-state index is 12.9. The van der Waals surface area contributed by atoms with Gasteiger partial charge >= 0.3 is 0 Å². The fourth-order valence-corrected chi connectivity index (χ4v) is 3.37. The molecule has 0 saturated carbocycles. The van der Waals surface area contributed by atoms with Crippen LogP contribution in [-0.2, 0) is 0 Å². The number of rotatable bonds is 4. The van der Waals surface area contributed by atoms with Crippen LogP contribution >= 0.6 is 11.6 Å². The van der Waals surface area contributed by atoms with Gasteiger partial charge in [-0.15, -0.1) is 0 Å². The van der Waals surface area contributed by atoms with Gasteiger partial charge in [0.1, 0.15) is 17.5 Å². The second-order valence-corrected chi connectivity index (χ2v) is 6.89. The lowest BCUT2D eigenvalue weighted by atomic mass is 10.0. The van der Waals surface area contributed by atoms with Crippen molar-refractivity contribution in [3.8, 4) is 16.9 Å². The zero-order valence-corrected chi connectivity index (χ0v) is 15.4. The topological polar surface area (TPSA) is 71.1 Å². The van der Waals surface area contributed by atoms with E-state index in [1.165, 1.54) is 0 Å². The summed E-state index contributed by atoms with van der Waals surface area (Å²) in [5, 5.41) is 7.60. The van der Waals surface area contributed by atoms with Crippen molar-refractivity contribution in [2.45, 2.75) is 18.9 Å². The van der Waals surface area contributed by atoms with E-state index in [1.54, 1.807) is 18.6 Å². The Balaban J connectivity index is 1.39. The van der Waals surface area contributed by atoms with Gasteiger partial charge in [-0.05, 0) is 42.0 Å². The van der Waals surface area contributed by atoms with E-state index in [-0.39, 0.29) is 12.0 Å². The second kappa shape index (κ2) is 7.80. The molecule has 3 heterocycles.